The molecule has 30 heavy (non-hydrogen) atoms. The number of amides is 1. The average molecular weight is 397 g/mol. The molecule has 0 spiro atoms. The van der Waals surface area contributed by atoms with Crippen molar-refractivity contribution in [3.63, 3.8) is 0 Å². The molecule has 0 unspecified atom stereocenters. The van der Waals surface area contributed by atoms with E-state index in [0.29, 0.717) is 0 Å². The van der Waals surface area contributed by atoms with E-state index in [9.17, 15) is 4.79 Å². The Labute approximate surface area is 173 Å². The van der Waals surface area contributed by atoms with Gasteiger partial charge in [-0.3, -0.25) is 9.78 Å². The summed E-state index contributed by atoms with van der Waals surface area (Å²) in [6.07, 6.45) is 4.87. The van der Waals surface area contributed by atoms with Crippen molar-refractivity contribution in [2.75, 3.05) is 5.32 Å². The summed E-state index contributed by atoms with van der Waals surface area (Å²) in [5.74, 6) is -0.251. The highest BCUT2D eigenvalue weighted by molar-refractivity contribution is 6.00. The monoisotopic (exact) mass is 397 g/mol. The number of primary amides is 1. The van der Waals surface area contributed by atoms with Gasteiger partial charge in [-0.1, -0.05) is 48.5 Å². The van der Waals surface area contributed by atoms with Gasteiger partial charge >= 0.3 is 0 Å². The standard InChI is InChI=1S/C23H19N5O2/c24-21(29)20-22(26-15-27-23(20)30-14-16-5-2-1-3-6-16)28-19-10-8-17(9-11-19)18-7-4-12-25-13-18/h1-13,15H,14H2,(H2,24,29)(H,26,27,28). The molecule has 7 nitrogen and oxygen atoms in total. The van der Waals surface area contributed by atoms with Gasteiger partial charge in [-0.2, -0.15) is 0 Å². The van der Waals surface area contributed by atoms with Gasteiger partial charge in [0.15, 0.2) is 5.82 Å². The summed E-state index contributed by atoms with van der Waals surface area (Å²) < 4.78 is 5.74. The Morgan fingerprint density at radius 1 is 0.933 bits per heavy atom. The summed E-state index contributed by atoms with van der Waals surface area (Å²) in [6, 6.07) is 21.2. The predicted octanol–water partition coefficient (Wildman–Crippen LogP) is 3.96. The quantitative estimate of drug-likeness (QED) is 0.489. The fraction of sp³-hybridized carbons (Fsp3) is 0.0435. The van der Waals surface area contributed by atoms with Gasteiger partial charge in [-0.15, -0.1) is 0 Å². The third-order valence-corrected chi connectivity index (χ3v) is 4.42. The first-order chi connectivity index (χ1) is 14.7. The van der Waals surface area contributed by atoms with E-state index in [0.717, 1.165) is 22.4 Å². The van der Waals surface area contributed by atoms with Crippen molar-refractivity contribution in [3.05, 3.63) is 96.6 Å². The summed E-state index contributed by atoms with van der Waals surface area (Å²) in [4.78, 5) is 24.5. The SMILES string of the molecule is NC(=O)c1c(Nc2ccc(-c3cccnc3)cc2)ncnc1OCc1ccccc1. The molecule has 3 N–H and O–H groups in total. The lowest BCUT2D eigenvalue weighted by Gasteiger charge is -2.13. The third kappa shape index (κ3) is 4.41. The molecule has 4 rings (SSSR count). The number of nitrogens with two attached hydrogens (primary N) is 1. The molecule has 4 aromatic rings. The van der Waals surface area contributed by atoms with Gasteiger partial charge in [-0.05, 0) is 34.9 Å². The molecule has 0 saturated heterocycles. The first-order valence-corrected chi connectivity index (χ1v) is 9.30. The van der Waals surface area contributed by atoms with E-state index in [-0.39, 0.29) is 23.9 Å². The van der Waals surface area contributed by atoms with E-state index in [4.69, 9.17) is 10.5 Å². The molecule has 2 aromatic heterocycles. The third-order valence-electron chi connectivity index (χ3n) is 4.42. The van der Waals surface area contributed by atoms with Gasteiger partial charge < -0.3 is 15.8 Å². The number of aromatic nitrogens is 3. The summed E-state index contributed by atoms with van der Waals surface area (Å²) in [7, 11) is 0. The lowest BCUT2D eigenvalue weighted by atomic mass is 10.1. The number of hydrogen-bond donors (Lipinski definition) is 2. The van der Waals surface area contributed by atoms with E-state index in [1.807, 2.05) is 66.7 Å². The second-order valence-corrected chi connectivity index (χ2v) is 6.49. The molecule has 1 amide bonds. The maximum Gasteiger partial charge on any atom is 0.258 e. The van der Waals surface area contributed by atoms with Crippen LogP contribution in [0.5, 0.6) is 5.88 Å². The molecule has 0 fully saturated rings. The number of carbonyl (C=O) groups is 1. The maximum absolute atomic E-state index is 12.1. The zero-order valence-electron chi connectivity index (χ0n) is 16.0. The molecule has 0 bridgehead atoms. The number of hydrogen-bond acceptors (Lipinski definition) is 6. The van der Waals surface area contributed by atoms with Crippen LogP contribution in [-0.4, -0.2) is 20.9 Å². The Balaban J connectivity index is 1.55. The van der Waals surface area contributed by atoms with Gasteiger partial charge in [0, 0.05) is 18.1 Å². The van der Waals surface area contributed by atoms with E-state index in [2.05, 4.69) is 20.3 Å². The van der Waals surface area contributed by atoms with Crippen molar-refractivity contribution in [2.24, 2.45) is 5.73 Å². The van der Waals surface area contributed by atoms with Crippen LogP contribution < -0.4 is 15.8 Å². The Kier molecular flexibility index (Phi) is 5.61. The van der Waals surface area contributed by atoms with Crippen LogP contribution in [0.3, 0.4) is 0 Å². The zero-order chi connectivity index (χ0) is 20.8. The van der Waals surface area contributed by atoms with E-state index < -0.39 is 5.91 Å². The molecule has 148 valence electrons. The number of pyridine rings is 1. The number of ether oxygens (including phenoxy) is 1. The molecule has 0 atom stereocenters. The Morgan fingerprint density at radius 3 is 2.43 bits per heavy atom. The van der Waals surface area contributed by atoms with Crippen LogP contribution in [-0.2, 0) is 6.61 Å². The molecular formula is C23H19N5O2. The summed E-state index contributed by atoms with van der Waals surface area (Å²) in [5, 5.41) is 3.12. The Morgan fingerprint density at radius 2 is 1.73 bits per heavy atom. The van der Waals surface area contributed by atoms with Gasteiger partial charge in [-0.25, -0.2) is 9.97 Å². The van der Waals surface area contributed by atoms with Crippen molar-refractivity contribution in [1.29, 1.82) is 0 Å². The fourth-order valence-electron chi connectivity index (χ4n) is 2.94. The molecule has 0 aliphatic heterocycles. The van der Waals surface area contributed by atoms with Gasteiger partial charge in [0.25, 0.3) is 5.91 Å². The van der Waals surface area contributed by atoms with Crippen LogP contribution in [0.25, 0.3) is 11.1 Å². The minimum absolute atomic E-state index is 0.102. The number of nitrogens with one attached hydrogen (secondary N) is 1. The topological polar surface area (TPSA) is 103 Å². The molecule has 7 heteroatoms. The van der Waals surface area contributed by atoms with Crippen LogP contribution in [0.1, 0.15) is 15.9 Å². The van der Waals surface area contributed by atoms with E-state index in [1.165, 1.54) is 6.33 Å². The first kappa shape index (κ1) is 19.1. The number of anilines is 2. The largest absolute Gasteiger partial charge is 0.472 e. The van der Waals surface area contributed by atoms with Crippen LogP contribution in [0, 0.1) is 0 Å². The van der Waals surface area contributed by atoms with Gasteiger partial charge in [0.2, 0.25) is 5.88 Å². The van der Waals surface area contributed by atoms with E-state index >= 15 is 0 Å². The highest BCUT2D eigenvalue weighted by Crippen LogP contribution is 2.27. The molecule has 0 saturated carbocycles. The molecule has 0 radical (unpaired) electrons. The fourth-order valence-corrected chi connectivity index (χ4v) is 2.94. The molecule has 2 aromatic carbocycles. The smallest absolute Gasteiger partial charge is 0.258 e. The number of nitrogens with zero attached hydrogens (tertiary/aromatic N) is 3. The number of benzene rings is 2. The van der Waals surface area contributed by atoms with Crippen molar-refractivity contribution in [3.8, 4) is 17.0 Å². The summed E-state index contributed by atoms with van der Waals surface area (Å²) in [5.41, 5.74) is 9.43. The summed E-state index contributed by atoms with van der Waals surface area (Å²) in [6.45, 7) is 0.261. The highest BCUT2D eigenvalue weighted by atomic mass is 16.5. The Bertz CT molecular complexity index is 1130. The highest BCUT2D eigenvalue weighted by Gasteiger charge is 2.18. The lowest BCUT2D eigenvalue weighted by Crippen LogP contribution is -2.17. The minimum atomic E-state index is -0.673. The Hall–Kier alpha value is -4.26. The average Bonchev–Trinajstić information content (AvgIpc) is 2.79. The van der Waals surface area contributed by atoms with Crippen LogP contribution in [0.2, 0.25) is 0 Å². The summed E-state index contributed by atoms with van der Waals surface area (Å²) >= 11 is 0. The van der Waals surface area contributed by atoms with Gasteiger partial charge in [0.1, 0.15) is 18.5 Å². The van der Waals surface area contributed by atoms with Crippen molar-refractivity contribution in [2.45, 2.75) is 6.61 Å². The lowest BCUT2D eigenvalue weighted by molar-refractivity contribution is 0.0995. The normalized spacial score (nSPS) is 10.4. The number of rotatable bonds is 7. The zero-order valence-corrected chi connectivity index (χ0v) is 16.0. The van der Waals surface area contributed by atoms with Crippen molar-refractivity contribution >= 4 is 17.4 Å². The molecule has 0 aliphatic rings. The van der Waals surface area contributed by atoms with E-state index in [1.54, 1.807) is 12.4 Å². The second kappa shape index (κ2) is 8.83. The van der Waals surface area contributed by atoms with Crippen LogP contribution in [0.15, 0.2) is 85.5 Å². The maximum atomic E-state index is 12.1. The van der Waals surface area contributed by atoms with Crippen LogP contribution in [0.4, 0.5) is 11.5 Å². The van der Waals surface area contributed by atoms with Crippen molar-refractivity contribution in [1.82, 2.24) is 15.0 Å². The predicted molar refractivity (Wildman–Crippen MR) is 114 cm³/mol. The van der Waals surface area contributed by atoms with Gasteiger partial charge in [0.05, 0.1) is 0 Å². The molecular weight excluding hydrogens is 378 g/mol. The van der Waals surface area contributed by atoms with Crippen LogP contribution >= 0.6 is 0 Å². The van der Waals surface area contributed by atoms with Crippen molar-refractivity contribution < 1.29 is 9.53 Å². The first-order valence-electron chi connectivity index (χ1n) is 9.30. The molecule has 0 aliphatic carbocycles. The minimum Gasteiger partial charge on any atom is -0.472 e. The second-order valence-electron chi connectivity index (χ2n) is 6.49. The molecule has 2 heterocycles. The number of carbonyl (C=O) groups excluding carboxylic acids is 1.